The van der Waals surface area contributed by atoms with Crippen molar-refractivity contribution in [2.75, 3.05) is 0 Å². The Morgan fingerprint density at radius 1 is 0.303 bits per heavy atom. The van der Waals surface area contributed by atoms with E-state index >= 15 is 0 Å². The summed E-state index contributed by atoms with van der Waals surface area (Å²) < 4.78 is 4.52. The summed E-state index contributed by atoms with van der Waals surface area (Å²) in [6.45, 7) is 59.8. The third-order valence-electron chi connectivity index (χ3n) is 13.4. The molecule has 10 heteroatoms. The summed E-state index contributed by atoms with van der Waals surface area (Å²) in [6, 6.07) is 59.2. The van der Waals surface area contributed by atoms with E-state index in [1.165, 1.54) is 82.8 Å². The molecule has 13 aromatic rings. The summed E-state index contributed by atoms with van der Waals surface area (Å²) in [7, 11) is 4.25. The fraction of sp³-hybridized carbons (Fsp3) is 0.360. The van der Waals surface area contributed by atoms with E-state index < -0.39 is 0 Å². The number of aryl methyl sites for hydroxylation is 12. The van der Waals surface area contributed by atoms with Gasteiger partial charge in [0.25, 0.3) is 0 Å². The van der Waals surface area contributed by atoms with Gasteiger partial charge in [-0.05, 0) is 140 Å². The maximum Gasteiger partial charge on any atom is 0.129 e. The molecule has 6 heterocycles. The van der Waals surface area contributed by atoms with Crippen molar-refractivity contribution >= 4 is 76.2 Å². The van der Waals surface area contributed by atoms with Crippen molar-refractivity contribution in [3.63, 3.8) is 0 Å². The average Bonchev–Trinajstić information content (AvgIpc) is 1.66. The number of nitrogens with zero attached hydrogens (tertiary/aromatic N) is 9. The molecule has 0 aliphatic carbocycles. The van der Waals surface area contributed by atoms with Gasteiger partial charge in [0.1, 0.15) is 23.8 Å². The first kappa shape index (κ1) is 97.3. The van der Waals surface area contributed by atoms with Crippen LogP contribution in [0.2, 0.25) is 0 Å². The maximum absolute atomic E-state index is 4.44. The summed E-state index contributed by atoms with van der Waals surface area (Å²) in [5.41, 5.74) is 15.6. The quantitative estimate of drug-likeness (QED) is 0.119. The molecule has 7 aromatic carbocycles. The smallest absolute Gasteiger partial charge is 0.129 e. The Hall–Kier alpha value is -8.11. The minimum absolute atomic E-state index is 0. The van der Waals surface area contributed by atoms with Gasteiger partial charge in [0.05, 0.1) is 11.0 Å². The molecule has 0 spiro atoms. The van der Waals surface area contributed by atoms with Gasteiger partial charge in [-0.2, -0.15) is 0 Å². The number of allylic oxidation sites excluding steroid dienone is 4. The molecule has 533 valence electrons. The number of para-hydroxylation sites is 4. The first-order chi connectivity index (χ1) is 47.6. The molecular weight excluding hydrogens is 1280 g/mol. The number of benzene rings is 7. The summed E-state index contributed by atoms with van der Waals surface area (Å²) in [5.74, 6) is 2.39. The third-order valence-corrected chi connectivity index (χ3v) is 13.4. The number of aromatic nitrogens is 9. The summed E-state index contributed by atoms with van der Waals surface area (Å²) in [5, 5.41) is 10.3. The second kappa shape index (κ2) is 58.8. The average molecular weight is 1410 g/mol. The third kappa shape index (κ3) is 32.6. The van der Waals surface area contributed by atoms with Gasteiger partial charge in [0.15, 0.2) is 0 Å². The predicted molar refractivity (Wildman–Crippen MR) is 440 cm³/mol. The molecule has 9 nitrogen and oxygen atoms in total. The number of pyridine rings is 2. The fourth-order valence-corrected chi connectivity index (χ4v) is 9.64. The minimum Gasteiger partial charge on any atom is -0.391 e. The normalized spacial score (nSPS) is 9.25. The second-order valence-electron chi connectivity index (χ2n) is 19.7. The Labute approximate surface area is 627 Å². The van der Waals surface area contributed by atoms with Crippen LogP contribution < -0.4 is 0 Å². The molecule has 0 amide bonds. The van der Waals surface area contributed by atoms with Gasteiger partial charge < -0.3 is 33.4 Å². The minimum atomic E-state index is 0. The van der Waals surface area contributed by atoms with Gasteiger partial charge in [-0.25, -0.2) is 24.9 Å². The van der Waals surface area contributed by atoms with E-state index in [9.17, 15) is 0 Å². The molecule has 13 rings (SSSR count). The molecule has 0 saturated carbocycles. The van der Waals surface area contributed by atoms with Crippen LogP contribution in [0.25, 0.3) is 76.2 Å². The van der Waals surface area contributed by atoms with Crippen LogP contribution in [0, 0.1) is 81.4 Å². The Morgan fingerprint density at radius 2 is 0.677 bits per heavy atom. The molecule has 0 saturated heterocycles. The van der Waals surface area contributed by atoms with E-state index in [1.54, 1.807) is 0 Å². The van der Waals surface area contributed by atoms with Gasteiger partial charge >= 0.3 is 0 Å². The van der Waals surface area contributed by atoms with Crippen LogP contribution in [-0.2, 0) is 46.8 Å². The van der Waals surface area contributed by atoms with Crippen LogP contribution in [0.15, 0.2) is 188 Å². The van der Waals surface area contributed by atoms with Crippen molar-refractivity contribution in [3.05, 3.63) is 257 Å². The fourth-order valence-electron chi connectivity index (χ4n) is 9.64. The van der Waals surface area contributed by atoms with Crippen LogP contribution in [0.1, 0.15) is 195 Å². The van der Waals surface area contributed by atoms with Crippen molar-refractivity contribution in [1.29, 1.82) is 0 Å². The second-order valence-corrected chi connectivity index (χ2v) is 19.7. The van der Waals surface area contributed by atoms with E-state index in [2.05, 4.69) is 225 Å². The van der Waals surface area contributed by atoms with Crippen LogP contribution in [0.4, 0.5) is 0 Å². The van der Waals surface area contributed by atoms with Gasteiger partial charge in [-0.3, -0.25) is 9.97 Å². The number of hydrogen-bond acceptors (Lipinski definition) is 7. The molecule has 0 N–H and O–H groups in total. The molecule has 0 fully saturated rings. The van der Waals surface area contributed by atoms with E-state index in [-0.39, 0.29) is 32.7 Å². The van der Waals surface area contributed by atoms with Crippen LogP contribution >= 0.6 is 0 Å². The number of hydrogen-bond donors (Lipinski definition) is 0. The molecule has 0 unspecified atom stereocenters. The molecule has 99 heavy (non-hydrogen) atoms. The summed E-state index contributed by atoms with van der Waals surface area (Å²) in [4.78, 5) is 29.0. The number of rotatable bonds is 1. The molecule has 0 aliphatic heterocycles. The molecule has 6 aromatic heterocycles. The van der Waals surface area contributed by atoms with Crippen molar-refractivity contribution in [1.82, 2.24) is 44.0 Å². The molecular formula is C89H127N9Y-2. The van der Waals surface area contributed by atoms with Crippen LogP contribution in [-0.4, -0.2) is 44.0 Å². The van der Waals surface area contributed by atoms with E-state index in [0.717, 1.165) is 56.7 Å². The van der Waals surface area contributed by atoms with Gasteiger partial charge in [0.2, 0.25) is 0 Å². The zero-order valence-corrected chi connectivity index (χ0v) is 70.3. The monoisotopic (exact) mass is 1410 g/mol. The summed E-state index contributed by atoms with van der Waals surface area (Å²) >= 11 is 0. The zero-order chi connectivity index (χ0) is 75.3. The molecule has 0 atom stereocenters. The van der Waals surface area contributed by atoms with Crippen molar-refractivity contribution < 1.29 is 32.7 Å². The Balaban J connectivity index is -0.000000517. The topological polar surface area (TPSA) is 100 Å². The van der Waals surface area contributed by atoms with Gasteiger partial charge in [0, 0.05) is 129 Å². The molecule has 0 bridgehead atoms. The van der Waals surface area contributed by atoms with Crippen molar-refractivity contribution in [2.45, 2.75) is 208 Å². The van der Waals surface area contributed by atoms with E-state index in [4.69, 9.17) is 0 Å². The van der Waals surface area contributed by atoms with Crippen molar-refractivity contribution in [3.8, 4) is 0 Å². The SMILES string of the molecule is CC.CC.CC.CC.CC.CC.CC.CC.CC.C[C-]=CC=[C-]C.Cc1cc(C)c2ccccc2n1.Cc1cc2ccccc2c(C)n1.Cc1ccc2c(c1)c1ccccc1n2C.Cc1ccc2c3ccccc3n(C)c2c1.Cc1nc(C)c2ccccc2n1.Cc1ncnc(C)n1.[Y]. The van der Waals surface area contributed by atoms with Gasteiger partial charge in [-0.15, -0.1) is 13.8 Å². The first-order valence-electron chi connectivity index (χ1n) is 35.9. The van der Waals surface area contributed by atoms with E-state index in [0.29, 0.717) is 0 Å². The maximum atomic E-state index is 4.44. The Morgan fingerprint density at radius 3 is 1.17 bits per heavy atom. The first-order valence-corrected chi connectivity index (χ1v) is 35.9. The number of fused-ring (bicyclic) bond motifs is 9. The largest absolute Gasteiger partial charge is 0.391 e. The zero-order valence-electron chi connectivity index (χ0n) is 67.5. The van der Waals surface area contributed by atoms with Crippen LogP contribution in [0.5, 0.6) is 0 Å². The van der Waals surface area contributed by atoms with Gasteiger partial charge in [-0.1, -0.05) is 245 Å². The predicted octanol–water partition coefficient (Wildman–Crippen LogP) is 26.7. The summed E-state index contributed by atoms with van der Waals surface area (Å²) in [6.07, 6.45) is 10.8. The van der Waals surface area contributed by atoms with Crippen molar-refractivity contribution in [2.24, 2.45) is 14.1 Å². The Bertz CT molecular complexity index is 4040. The molecule has 1 radical (unpaired) electrons. The molecule has 0 aliphatic rings. The van der Waals surface area contributed by atoms with Crippen LogP contribution in [0.3, 0.4) is 0 Å². The Kier molecular flexibility index (Phi) is 57.8. The van der Waals surface area contributed by atoms with E-state index in [1.807, 2.05) is 235 Å². The standard InChI is InChI=1S/2C14H13N.2C11H11N.C10H10N2.C6H8.C5H7N3.9C2H6.Y/c1-10-7-8-14-12(9-10)11-5-3-4-6-13(11)15(14)2;1-10-7-8-12-11-5-3-4-6-13(11)15(2)14(12)9-10;1-8-7-10-5-3-4-6-11(10)9(2)12-8;1-8-7-9(2)12-11-6-4-3-5-10(8)11;1-7-9-5-3-4-6-10(9)12-8(2)11-7;1-3-5-6-4-2;1-4-6-3-7-5(2)8-4;9*1-2;/h2*3-9H,1-2H3;2*3-7H,1-2H3;3-6H,1-2H3;5-6H,1-2H3;3H,1-2H3;9*1-2H3;/q;;;;;-2;;;;;;;;;;;.